The highest BCUT2D eigenvalue weighted by Gasteiger charge is 2.16. The molecule has 1 amide bonds. The number of carbonyl (C=O) groups is 1. The number of aromatic nitrogens is 2. The first-order chi connectivity index (χ1) is 10.3. The summed E-state index contributed by atoms with van der Waals surface area (Å²) in [6.45, 7) is 1.83. The molecule has 0 atom stereocenters. The van der Waals surface area contributed by atoms with Gasteiger partial charge in [0.1, 0.15) is 0 Å². The summed E-state index contributed by atoms with van der Waals surface area (Å²) in [5, 5.41) is 5.52. The second kappa shape index (κ2) is 6.15. The van der Waals surface area contributed by atoms with Crippen LogP contribution in [0.25, 0.3) is 21.0 Å². The molecule has 21 heavy (non-hydrogen) atoms. The van der Waals surface area contributed by atoms with Crippen LogP contribution in [-0.2, 0) is 4.79 Å². The normalized spacial score (nSPS) is 10.5. The van der Waals surface area contributed by atoms with E-state index in [1.807, 2.05) is 30.5 Å². The van der Waals surface area contributed by atoms with E-state index in [-0.39, 0.29) is 5.91 Å². The molecule has 3 rings (SSSR count). The number of nitrogens with zero attached hydrogens (tertiary/aromatic N) is 2. The van der Waals surface area contributed by atoms with Crippen molar-refractivity contribution in [2.24, 2.45) is 0 Å². The van der Waals surface area contributed by atoms with E-state index in [0.29, 0.717) is 11.6 Å². The average Bonchev–Trinajstić information content (AvgIpc) is 3.16. The quantitative estimate of drug-likeness (QED) is 0.781. The number of amides is 1. The van der Waals surface area contributed by atoms with E-state index in [4.69, 9.17) is 0 Å². The summed E-state index contributed by atoms with van der Waals surface area (Å²) in [7, 11) is 0. The Morgan fingerprint density at radius 1 is 1.29 bits per heavy atom. The first-order valence-electron chi connectivity index (χ1n) is 6.53. The van der Waals surface area contributed by atoms with Crippen LogP contribution in [0.1, 0.15) is 13.3 Å². The van der Waals surface area contributed by atoms with Gasteiger partial charge in [-0.2, -0.15) is 0 Å². The molecular formula is C15H13N3OS2. The van der Waals surface area contributed by atoms with Gasteiger partial charge in [0.05, 0.1) is 10.6 Å². The molecule has 0 aliphatic heterocycles. The first kappa shape index (κ1) is 13.9. The maximum absolute atomic E-state index is 11.6. The zero-order valence-electron chi connectivity index (χ0n) is 11.4. The lowest BCUT2D eigenvalue weighted by Crippen LogP contribution is -2.08. The predicted molar refractivity (Wildman–Crippen MR) is 87.6 cm³/mol. The van der Waals surface area contributed by atoms with Crippen LogP contribution in [0.3, 0.4) is 0 Å². The Hall–Kier alpha value is -2.05. The number of carbonyl (C=O) groups excluding carboxylic acids is 1. The van der Waals surface area contributed by atoms with Gasteiger partial charge in [-0.05, 0) is 23.6 Å². The molecule has 0 aliphatic carbocycles. The predicted octanol–water partition coefficient (Wildman–Crippen LogP) is 4.28. The van der Waals surface area contributed by atoms with Gasteiger partial charge in [0.25, 0.3) is 0 Å². The molecule has 0 bridgehead atoms. The van der Waals surface area contributed by atoms with E-state index in [1.54, 1.807) is 23.7 Å². The van der Waals surface area contributed by atoms with Gasteiger partial charge in [-0.15, -0.1) is 11.3 Å². The van der Waals surface area contributed by atoms with E-state index < -0.39 is 0 Å². The van der Waals surface area contributed by atoms with E-state index in [9.17, 15) is 4.79 Å². The van der Waals surface area contributed by atoms with E-state index in [0.717, 1.165) is 21.0 Å². The zero-order valence-corrected chi connectivity index (χ0v) is 13.0. The van der Waals surface area contributed by atoms with Crippen LogP contribution in [0.4, 0.5) is 5.13 Å². The fraction of sp³-hybridized carbons (Fsp3) is 0.133. The lowest BCUT2D eigenvalue weighted by molar-refractivity contribution is -0.115. The molecule has 0 saturated carbocycles. The minimum absolute atomic E-state index is 0.0252. The monoisotopic (exact) mass is 315 g/mol. The van der Waals surface area contributed by atoms with Crippen LogP contribution in [-0.4, -0.2) is 15.9 Å². The summed E-state index contributed by atoms with van der Waals surface area (Å²) in [5.41, 5.74) is 1.89. The average molecular weight is 315 g/mol. The maximum atomic E-state index is 11.6. The van der Waals surface area contributed by atoms with Crippen molar-refractivity contribution in [3.8, 4) is 21.0 Å². The largest absolute Gasteiger partial charge is 0.302 e. The van der Waals surface area contributed by atoms with Crippen molar-refractivity contribution >= 4 is 33.7 Å². The van der Waals surface area contributed by atoms with Crippen molar-refractivity contribution in [3.05, 3.63) is 42.0 Å². The van der Waals surface area contributed by atoms with Crippen LogP contribution >= 0.6 is 22.7 Å². The smallest absolute Gasteiger partial charge is 0.225 e. The number of nitrogens with one attached hydrogen (secondary N) is 1. The van der Waals surface area contributed by atoms with Gasteiger partial charge in [-0.3, -0.25) is 9.78 Å². The molecule has 3 aromatic rings. The summed E-state index contributed by atoms with van der Waals surface area (Å²) in [6.07, 6.45) is 3.94. The molecule has 106 valence electrons. The van der Waals surface area contributed by atoms with Crippen LogP contribution in [0.15, 0.2) is 42.0 Å². The number of hydrogen-bond donors (Lipinski definition) is 1. The lowest BCUT2D eigenvalue weighted by Gasteiger charge is -1.99. The fourth-order valence-corrected chi connectivity index (χ4v) is 3.72. The highest BCUT2D eigenvalue weighted by atomic mass is 32.1. The summed E-state index contributed by atoms with van der Waals surface area (Å²) in [6, 6.07) is 7.93. The highest BCUT2D eigenvalue weighted by Crippen LogP contribution is 2.40. The van der Waals surface area contributed by atoms with E-state index in [1.165, 1.54) is 11.3 Å². The molecular weight excluding hydrogens is 302 g/mol. The van der Waals surface area contributed by atoms with Crippen molar-refractivity contribution in [2.45, 2.75) is 13.3 Å². The Balaban J connectivity index is 2.06. The minimum Gasteiger partial charge on any atom is -0.302 e. The molecule has 0 saturated heterocycles. The second-order valence-electron chi connectivity index (χ2n) is 4.31. The van der Waals surface area contributed by atoms with Crippen LogP contribution < -0.4 is 5.32 Å². The van der Waals surface area contributed by atoms with Crippen LogP contribution in [0.5, 0.6) is 0 Å². The molecule has 6 heteroatoms. The van der Waals surface area contributed by atoms with Crippen molar-refractivity contribution < 1.29 is 4.79 Å². The SMILES string of the molecule is CCC(=O)Nc1nc(-c2ccncc2)c(-c2cccs2)s1. The van der Waals surface area contributed by atoms with Gasteiger partial charge in [-0.1, -0.05) is 24.3 Å². The Morgan fingerprint density at radius 2 is 2.10 bits per heavy atom. The van der Waals surface area contributed by atoms with Gasteiger partial charge >= 0.3 is 0 Å². The van der Waals surface area contributed by atoms with Crippen LogP contribution in [0, 0.1) is 0 Å². The van der Waals surface area contributed by atoms with Gasteiger partial charge < -0.3 is 5.32 Å². The molecule has 0 unspecified atom stereocenters. The standard InChI is InChI=1S/C15H13N3OS2/c1-2-12(19)17-15-18-13(10-5-7-16-8-6-10)14(21-15)11-4-3-9-20-11/h3-9H,2H2,1H3,(H,17,18,19). The number of rotatable bonds is 4. The molecule has 3 aromatic heterocycles. The molecule has 0 aliphatic rings. The van der Waals surface area contributed by atoms with Gasteiger partial charge in [-0.25, -0.2) is 4.98 Å². The third-order valence-corrected chi connectivity index (χ3v) is 4.91. The topological polar surface area (TPSA) is 54.9 Å². The Kier molecular flexibility index (Phi) is 4.08. The Morgan fingerprint density at radius 3 is 2.76 bits per heavy atom. The van der Waals surface area contributed by atoms with E-state index in [2.05, 4.69) is 21.4 Å². The first-order valence-corrected chi connectivity index (χ1v) is 8.22. The van der Waals surface area contributed by atoms with Crippen molar-refractivity contribution in [1.82, 2.24) is 9.97 Å². The lowest BCUT2D eigenvalue weighted by atomic mass is 10.1. The van der Waals surface area contributed by atoms with Crippen LogP contribution in [0.2, 0.25) is 0 Å². The van der Waals surface area contributed by atoms with Gasteiger partial charge in [0.15, 0.2) is 5.13 Å². The molecule has 4 nitrogen and oxygen atoms in total. The molecule has 0 radical (unpaired) electrons. The number of thiophene rings is 1. The summed E-state index contributed by atoms with van der Waals surface area (Å²) >= 11 is 3.17. The Labute approximate surface area is 130 Å². The number of thiazole rings is 1. The zero-order chi connectivity index (χ0) is 14.7. The summed E-state index contributed by atoms with van der Waals surface area (Å²) in [4.78, 5) is 22.4. The molecule has 0 aromatic carbocycles. The highest BCUT2D eigenvalue weighted by molar-refractivity contribution is 7.23. The van der Waals surface area contributed by atoms with Gasteiger partial charge in [0, 0.05) is 29.3 Å². The van der Waals surface area contributed by atoms with E-state index >= 15 is 0 Å². The second-order valence-corrected chi connectivity index (χ2v) is 6.26. The third-order valence-electron chi connectivity index (χ3n) is 2.89. The number of anilines is 1. The van der Waals surface area contributed by atoms with Crippen molar-refractivity contribution in [1.29, 1.82) is 0 Å². The maximum Gasteiger partial charge on any atom is 0.225 e. The Bertz CT molecular complexity index is 736. The molecule has 3 heterocycles. The van der Waals surface area contributed by atoms with Crippen molar-refractivity contribution in [3.63, 3.8) is 0 Å². The van der Waals surface area contributed by atoms with Crippen molar-refractivity contribution in [2.75, 3.05) is 5.32 Å². The molecule has 1 N–H and O–H groups in total. The summed E-state index contributed by atoms with van der Waals surface area (Å²) in [5.74, 6) is -0.0252. The summed E-state index contributed by atoms with van der Waals surface area (Å²) < 4.78 is 0. The molecule has 0 spiro atoms. The van der Waals surface area contributed by atoms with Gasteiger partial charge in [0.2, 0.25) is 5.91 Å². The molecule has 0 fully saturated rings. The number of pyridine rings is 1. The fourth-order valence-electron chi connectivity index (χ4n) is 1.86. The number of hydrogen-bond acceptors (Lipinski definition) is 5. The third kappa shape index (κ3) is 3.01. The minimum atomic E-state index is -0.0252.